The quantitative estimate of drug-likeness (QED) is 0.489. The van der Waals surface area contributed by atoms with Gasteiger partial charge in [-0.2, -0.15) is 0 Å². The van der Waals surface area contributed by atoms with E-state index in [1.807, 2.05) is 0 Å². The Labute approximate surface area is 198 Å². The summed E-state index contributed by atoms with van der Waals surface area (Å²) in [5.41, 5.74) is 7.01. The summed E-state index contributed by atoms with van der Waals surface area (Å²) >= 11 is 11.4. The maximum Gasteiger partial charge on any atom is 0.327 e. The van der Waals surface area contributed by atoms with Crippen LogP contribution in [0.15, 0.2) is 30.9 Å². The van der Waals surface area contributed by atoms with Gasteiger partial charge in [-0.05, 0) is 17.9 Å². The van der Waals surface area contributed by atoms with Gasteiger partial charge in [-0.25, -0.2) is 19.3 Å². The molecule has 14 heteroatoms. The van der Waals surface area contributed by atoms with Crippen LogP contribution < -0.4 is 5.73 Å². The lowest BCUT2D eigenvalue weighted by Crippen LogP contribution is -2.20. The lowest BCUT2D eigenvalue weighted by molar-refractivity contribution is -0.0506. The Morgan fingerprint density at radius 1 is 1.36 bits per heavy atom. The number of aliphatic hydroxyl groups excluding tert-OH is 1. The van der Waals surface area contributed by atoms with E-state index in [4.69, 9.17) is 47.4 Å². The number of nitrogen functional groups attached to an aromatic ring is 1. The average molecular weight is 516 g/mol. The number of hydrogen-bond acceptors (Lipinski definition) is 10. The molecule has 5 rings (SSSR count). The monoisotopic (exact) mass is 515 g/mol. The SMILES string of the molecule is Nc1ncnc2c1ncn2[C@@H]1O[C@H](COP2(=S)OCCC(c3cccc(Cl)c3F)O2)CC1O. The van der Waals surface area contributed by atoms with E-state index < -0.39 is 37.1 Å². The average Bonchev–Trinajstić information content (AvgIpc) is 3.38. The summed E-state index contributed by atoms with van der Waals surface area (Å²) in [5.74, 6) is -0.309. The number of nitrogens with zero attached hydrogens (tertiary/aromatic N) is 4. The highest BCUT2D eigenvalue weighted by Gasteiger charge is 2.39. The van der Waals surface area contributed by atoms with E-state index >= 15 is 0 Å². The Bertz CT molecular complexity index is 1230. The van der Waals surface area contributed by atoms with Gasteiger partial charge in [0, 0.05) is 18.4 Å². The number of fused-ring (bicyclic) bond motifs is 1. The second-order valence-electron chi connectivity index (χ2n) is 7.64. The fourth-order valence-corrected chi connectivity index (χ4v) is 6.18. The Morgan fingerprint density at radius 2 is 2.21 bits per heavy atom. The molecule has 0 spiro atoms. The molecule has 0 saturated carbocycles. The molecule has 1 aromatic carbocycles. The number of nitrogens with two attached hydrogens (primary N) is 1. The minimum absolute atomic E-state index is 0.00949. The van der Waals surface area contributed by atoms with Crippen molar-refractivity contribution in [3.63, 3.8) is 0 Å². The standard InChI is InChI=1S/C19H20ClFN5O5PS/c20-12-3-1-2-11(15(12)21)14-4-5-28-32(33,31-14)29-7-10-6-13(27)19(30-10)26-9-25-16-17(22)23-8-24-18(16)26/h1-3,8-10,13-14,19,27H,4-7H2,(H2,22,23,24)/t10-,13?,14?,19+,32?/m0/s1. The molecule has 176 valence electrons. The van der Waals surface area contributed by atoms with E-state index in [1.54, 1.807) is 16.7 Å². The van der Waals surface area contributed by atoms with Crippen molar-refractivity contribution in [1.29, 1.82) is 0 Å². The minimum Gasteiger partial charge on any atom is -0.388 e. The number of aliphatic hydroxyl groups is 1. The normalized spacial score (nSPS) is 30.2. The highest BCUT2D eigenvalue weighted by atomic mass is 35.5. The molecule has 5 atom stereocenters. The van der Waals surface area contributed by atoms with E-state index in [1.165, 1.54) is 18.7 Å². The van der Waals surface area contributed by atoms with E-state index in [2.05, 4.69) is 15.0 Å². The molecule has 0 bridgehead atoms. The first-order valence-corrected chi connectivity index (χ1v) is 13.1. The number of aromatic nitrogens is 4. The van der Waals surface area contributed by atoms with E-state index in [-0.39, 0.29) is 30.5 Å². The molecule has 2 aliphatic rings. The summed E-state index contributed by atoms with van der Waals surface area (Å²) < 4.78 is 39.3. The van der Waals surface area contributed by atoms with Crippen LogP contribution in [0.3, 0.4) is 0 Å². The number of benzene rings is 1. The van der Waals surface area contributed by atoms with Crippen LogP contribution in [-0.4, -0.2) is 50.0 Å². The maximum absolute atomic E-state index is 14.4. The van der Waals surface area contributed by atoms with Gasteiger partial charge in [0.1, 0.15) is 23.8 Å². The smallest absolute Gasteiger partial charge is 0.327 e. The van der Waals surface area contributed by atoms with Gasteiger partial charge in [-0.1, -0.05) is 23.7 Å². The van der Waals surface area contributed by atoms with Gasteiger partial charge < -0.3 is 29.1 Å². The zero-order valence-corrected chi connectivity index (χ0v) is 19.5. The van der Waals surface area contributed by atoms with Crippen LogP contribution in [0.1, 0.15) is 30.7 Å². The van der Waals surface area contributed by atoms with Crippen LogP contribution in [0.5, 0.6) is 0 Å². The summed E-state index contributed by atoms with van der Waals surface area (Å²) in [4.78, 5) is 12.3. The van der Waals surface area contributed by atoms with Crippen LogP contribution in [-0.2, 0) is 30.1 Å². The Kier molecular flexibility index (Phi) is 6.36. The second kappa shape index (κ2) is 9.12. The Balaban J connectivity index is 1.25. The second-order valence-corrected chi connectivity index (χ2v) is 11.0. The van der Waals surface area contributed by atoms with Gasteiger partial charge in [0.25, 0.3) is 0 Å². The molecule has 0 radical (unpaired) electrons. The third-order valence-electron chi connectivity index (χ3n) is 5.46. The van der Waals surface area contributed by atoms with Crippen LogP contribution >= 0.6 is 18.3 Å². The summed E-state index contributed by atoms with van der Waals surface area (Å²) in [6.07, 6.45) is 0.814. The molecule has 4 heterocycles. The molecule has 0 amide bonds. The third kappa shape index (κ3) is 4.50. The molecule has 2 aliphatic heterocycles. The summed E-state index contributed by atoms with van der Waals surface area (Å²) in [6.45, 7) is -2.88. The van der Waals surface area contributed by atoms with Gasteiger partial charge in [0.2, 0.25) is 0 Å². The van der Waals surface area contributed by atoms with Crippen molar-refractivity contribution in [2.45, 2.75) is 37.4 Å². The lowest BCUT2D eigenvalue weighted by Gasteiger charge is -2.32. The number of anilines is 1. The van der Waals surface area contributed by atoms with E-state index in [0.29, 0.717) is 23.1 Å². The van der Waals surface area contributed by atoms with Gasteiger partial charge in [-0.15, -0.1) is 0 Å². The zero-order chi connectivity index (χ0) is 23.2. The lowest BCUT2D eigenvalue weighted by atomic mass is 10.1. The van der Waals surface area contributed by atoms with Crippen LogP contribution in [0.4, 0.5) is 10.2 Å². The molecule has 2 aromatic heterocycles. The molecule has 0 aliphatic carbocycles. The number of rotatable bonds is 5. The number of halogens is 2. The molecule has 3 aromatic rings. The van der Waals surface area contributed by atoms with E-state index in [9.17, 15) is 9.50 Å². The maximum atomic E-state index is 14.4. The predicted molar refractivity (Wildman–Crippen MR) is 120 cm³/mol. The first kappa shape index (κ1) is 23.0. The van der Waals surface area contributed by atoms with Crippen molar-refractivity contribution in [3.8, 4) is 0 Å². The topological polar surface area (TPSA) is 127 Å². The first-order valence-electron chi connectivity index (χ1n) is 10.1. The van der Waals surface area contributed by atoms with Gasteiger partial charge in [-0.3, -0.25) is 4.57 Å². The molecule has 3 unspecified atom stereocenters. The van der Waals surface area contributed by atoms with Crippen molar-refractivity contribution in [2.24, 2.45) is 0 Å². The molecule has 2 saturated heterocycles. The fraction of sp³-hybridized carbons (Fsp3) is 0.421. The van der Waals surface area contributed by atoms with Crippen LogP contribution in [0.2, 0.25) is 5.02 Å². The van der Waals surface area contributed by atoms with Crippen molar-refractivity contribution >= 4 is 47.1 Å². The summed E-state index contributed by atoms with van der Waals surface area (Å²) in [7, 11) is 0. The largest absolute Gasteiger partial charge is 0.388 e. The Hall–Kier alpha value is -1.76. The molecular formula is C19H20ClFN5O5PS. The van der Waals surface area contributed by atoms with Crippen molar-refractivity contribution < 1.29 is 27.8 Å². The van der Waals surface area contributed by atoms with Crippen molar-refractivity contribution in [2.75, 3.05) is 18.9 Å². The first-order chi connectivity index (χ1) is 15.8. The zero-order valence-electron chi connectivity index (χ0n) is 17.1. The van der Waals surface area contributed by atoms with Gasteiger partial charge >= 0.3 is 6.72 Å². The summed E-state index contributed by atoms with van der Waals surface area (Å²) in [6, 6.07) is 4.72. The number of hydrogen-bond donors (Lipinski definition) is 2. The fourth-order valence-electron chi connectivity index (χ4n) is 3.88. The van der Waals surface area contributed by atoms with E-state index in [0.717, 1.165) is 0 Å². The number of ether oxygens (including phenoxy) is 1. The molecule has 3 N–H and O–H groups in total. The highest BCUT2D eigenvalue weighted by molar-refractivity contribution is 8.07. The van der Waals surface area contributed by atoms with Crippen molar-refractivity contribution in [3.05, 3.63) is 47.3 Å². The molecular weight excluding hydrogens is 496 g/mol. The van der Waals surface area contributed by atoms with Crippen LogP contribution in [0, 0.1) is 5.82 Å². The molecule has 10 nitrogen and oxygen atoms in total. The number of imidazole rings is 1. The predicted octanol–water partition coefficient (Wildman–Crippen LogP) is 3.27. The third-order valence-corrected chi connectivity index (χ3v) is 8.12. The van der Waals surface area contributed by atoms with Gasteiger partial charge in [0.15, 0.2) is 17.7 Å². The van der Waals surface area contributed by atoms with Crippen LogP contribution in [0.25, 0.3) is 11.2 Å². The molecule has 2 fully saturated rings. The highest BCUT2D eigenvalue weighted by Crippen LogP contribution is 2.58. The minimum atomic E-state index is -3.16. The van der Waals surface area contributed by atoms with Crippen molar-refractivity contribution in [1.82, 2.24) is 19.5 Å². The summed E-state index contributed by atoms with van der Waals surface area (Å²) in [5, 5.41) is 10.6. The Morgan fingerprint density at radius 3 is 3.06 bits per heavy atom. The van der Waals surface area contributed by atoms with Gasteiger partial charge in [0.05, 0.1) is 36.8 Å². The molecule has 33 heavy (non-hydrogen) atoms.